The smallest absolute Gasteiger partial charge is 0.250 e. The van der Waals surface area contributed by atoms with Gasteiger partial charge < -0.3 is 10.2 Å². The van der Waals surface area contributed by atoms with Crippen LogP contribution in [0.2, 0.25) is 0 Å². The molecule has 0 spiro atoms. The van der Waals surface area contributed by atoms with Crippen LogP contribution in [0, 0.1) is 0 Å². The van der Waals surface area contributed by atoms with Gasteiger partial charge in [0, 0.05) is 43.6 Å². The van der Waals surface area contributed by atoms with Gasteiger partial charge in [0.25, 0.3) is 0 Å². The summed E-state index contributed by atoms with van der Waals surface area (Å²) in [5, 5.41) is 4.75. The zero-order valence-corrected chi connectivity index (χ0v) is 20.0. The summed E-state index contributed by atoms with van der Waals surface area (Å²) in [4.78, 5) is 17.0. The van der Waals surface area contributed by atoms with E-state index >= 15 is 0 Å². The van der Waals surface area contributed by atoms with Crippen molar-refractivity contribution in [3.63, 3.8) is 0 Å². The molecule has 3 heterocycles. The average molecular weight is 477 g/mol. The molecular formula is C23H32N4O3S2. The van der Waals surface area contributed by atoms with Crippen LogP contribution >= 0.6 is 11.3 Å². The van der Waals surface area contributed by atoms with E-state index in [-0.39, 0.29) is 11.9 Å². The lowest BCUT2D eigenvalue weighted by molar-refractivity contribution is -0.117. The number of hydrogen-bond donors (Lipinski definition) is 2. The maximum absolute atomic E-state index is 12.5. The number of amides is 1. The van der Waals surface area contributed by atoms with Crippen LogP contribution in [0.4, 0.5) is 11.4 Å². The van der Waals surface area contributed by atoms with Gasteiger partial charge in [-0.1, -0.05) is 18.9 Å². The highest BCUT2D eigenvalue weighted by molar-refractivity contribution is 7.91. The maximum atomic E-state index is 12.5. The molecule has 0 bridgehead atoms. The average Bonchev–Trinajstić information content (AvgIpc) is 3.20. The quantitative estimate of drug-likeness (QED) is 0.639. The first-order valence-electron chi connectivity index (χ1n) is 11.4. The number of piperidine rings is 1. The first-order valence-corrected chi connectivity index (χ1v) is 13.8. The third-order valence-electron chi connectivity index (χ3n) is 6.16. The summed E-state index contributed by atoms with van der Waals surface area (Å²) < 4.78 is 27.9. The van der Waals surface area contributed by atoms with E-state index in [1.165, 1.54) is 42.7 Å². The van der Waals surface area contributed by atoms with E-state index in [0.717, 1.165) is 18.8 Å². The highest BCUT2D eigenvalue weighted by Gasteiger charge is 2.26. The zero-order chi connectivity index (χ0) is 22.4. The van der Waals surface area contributed by atoms with Crippen molar-refractivity contribution >= 4 is 38.6 Å². The second kappa shape index (κ2) is 10.8. The number of carbonyl (C=O) groups excluding carboxylic acids is 1. The van der Waals surface area contributed by atoms with Crippen LogP contribution in [0.25, 0.3) is 0 Å². The largest absolute Gasteiger partial charge is 0.372 e. The molecule has 1 amide bonds. The molecule has 0 saturated carbocycles. The number of anilines is 2. The second-order valence-corrected chi connectivity index (χ2v) is 11.5. The van der Waals surface area contributed by atoms with Gasteiger partial charge in [0.1, 0.15) is 4.21 Å². The molecule has 4 rings (SSSR count). The molecule has 174 valence electrons. The molecule has 2 fully saturated rings. The number of likely N-dealkylation sites (tertiary alicyclic amines) is 1. The molecule has 2 aromatic rings. The number of sulfonamides is 1. The summed E-state index contributed by atoms with van der Waals surface area (Å²) in [5.41, 5.74) is 2.03. The monoisotopic (exact) mass is 476 g/mol. The number of nitrogens with zero attached hydrogens (tertiary/aromatic N) is 2. The van der Waals surface area contributed by atoms with Crippen LogP contribution in [-0.2, 0) is 14.8 Å². The zero-order valence-electron chi connectivity index (χ0n) is 18.3. The summed E-state index contributed by atoms with van der Waals surface area (Å²) in [6, 6.07) is 11.4. The van der Waals surface area contributed by atoms with E-state index in [2.05, 4.69) is 32.0 Å². The van der Waals surface area contributed by atoms with Crippen LogP contribution in [0.15, 0.2) is 46.0 Å². The van der Waals surface area contributed by atoms with Crippen molar-refractivity contribution in [3.8, 4) is 0 Å². The molecule has 0 unspecified atom stereocenters. The van der Waals surface area contributed by atoms with Gasteiger partial charge in [0.05, 0.1) is 6.54 Å². The standard InChI is InChI=1S/C23H32N4O3S2/c28-22(24-19-7-9-21(10-8-19)27-13-3-1-2-4-14-27)18-26-15-11-20(12-16-26)25-32(29,30)23-6-5-17-31-23/h5-10,17,20,25H,1-4,11-16,18H2,(H,24,28). The van der Waals surface area contributed by atoms with E-state index in [1.807, 2.05) is 12.1 Å². The fourth-order valence-electron chi connectivity index (χ4n) is 4.39. The van der Waals surface area contributed by atoms with Crippen LogP contribution < -0.4 is 14.9 Å². The SMILES string of the molecule is O=C(CN1CCC(NS(=O)(=O)c2cccs2)CC1)Nc1ccc(N2CCCCCC2)cc1. The Balaban J connectivity index is 1.21. The maximum Gasteiger partial charge on any atom is 0.250 e. The number of nitrogens with one attached hydrogen (secondary N) is 2. The van der Waals surface area contributed by atoms with Gasteiger partial charge in [-0.2, -0.15) is 0 Å². The molecule has 2 saturated heterocycles. The Morgan fingerprint density at radius 3 is 2.28 bits per heavy atom. The van der Waals surface area contributed by atoms with Crippen molar-refractivity contribution in [3.05, 3.63) is 41.8 Å². The van der Waals surface area contributed by atoms with Crippen molar-refractivity contribution in [1.82, 2.24) is 9.62 Å². The van der Waals surface area contributed by atoms with Gasteiger partial charge >= 0.3 is 0 Å². The van der Waals surface area contributed by atoms with Gasteiger partial charge in [-0.05, 0) is 61.4 Å². The van der Waals surface area contributed by atoms with E-state index in [1.54, 1.807) is 17.5 Å². The van der Waals surface area contributed by atoms with Gasteiger partial charge in [-0.15, -0.1) is 11.3 Å². The molecule has 1 aromatic carbocycles. The molecular weight excluding hydrogens is 444 g/mol. The number of thiophene rings is 1. The molecule has 32 heavy (non-hydrogen) atoms. The predicted molar refractivity (Wildman–Crippen MR) is 130 cm³/mol. The first kappa shape index (κ1) is 23.2. The lowest BCUT2D eigenvalue weighted by Gasteiger charge is -2.31. The van der Waals surface area contributed by atoms with Crippen molar-refractivity contribution < 1.29 is 13.2 Å². The van der Waals surface area contributed by atoms with Gasteiger partial charge in [-0.25, -0.2) is 13.1 Å². The summed E-state index contributed by atoms with van der Waals surface area (Å²) in [5.74, 6) is -0.0369. The third kappa shape index (κ3) is 6.31. The molecule has 0 atom stereocenters. The Bertz CT molecular complexity index is 961. The first-order chi connectivity index (χ1) is 15.5. The van der Waals surface area contributed by atoms with Crippen LogP contribution in [0.3, 0.4) is 0 Å². The minimum atomic E-state index is -3.44. The fourth-order valence-corrected chi connectivity index (χ4v) is 6.71. The molecule has 9 heteroatoms. The van der Waals surface area contributed by atoms with Crippen molar-refractivity contribution in [1.29, 1.82) is 0 Å². The summed E-state index contributed by atoms with van der Waals surface area (Å²) in [6.07, 6.45) is 6.49. The Kier molecular flexibility index (Phi) is 7.83. The van der Waals surface area contributed by atoms with Crippen LogP contribution in [0.5, 0.6) is 0 Å². The predicted octanol–water partition coefficient (Wildman–Crippen LogP) is 3.51. The summed E-state index contributed by atoms with van der Waals surface area (Å²) in [6.45, 7) is 3.91. The van der Waals surface area contributed by atoms with Gasteiger partial charge in [-0.3, -0.25) is 9.69 Å². The van der Waals surface area contributed by atoms with Crippen molar-refractivity contribution in [2.45, 2.75) is 48.8 Å². The Hall–Kier alpha value is -1.94. The molecule has 2 aliphatic rings. The fraction of sp³-hybridized carbons (Fsp3) is 0.522. The minimum Gasteiger partial charge on any atom is -0.372 e. The molecule has 2 aliphatic heterocycles. The molecule has 2 N–H and O–H groups in total. The topological polar surface area (TPSA) is 81.8 Å². The number of carbonyl (C=O) groups is 1. The summed E-state index contributed by atoms with van der Waals surface area (Å²) in [7, 11) is -3.44. The molecule has 1 aromatic heterocycles. The number of hydrogen-bond acceptors (Lipinski definition) is 6. The lowest BCUT2D eigenvalue weighted by atomic mass is 10.1. The Morgan fingerprint density at radius 1 is 0.969 bits per heavy atom. The normalized spacial score (nSPS) is 18.9. The summed E-state index contributed by atoms with van der Waals surface area (Å²) >= 11 is 1.22. The second-order valence-electron chi connectivity index (χ2n) is 8.60. The van der Waals surface area contributed by atoms with Crippen LogP contribution in [-0.4, -0.2) is 58.0 Å². The van der Waals surface area contributed by atoms with E-state index in [9.17, 15) is 13.2 Å². The molecule has 0 radical (unpaired) electrons. The highest BCUT2D eigenvalue weighted by atomic mass is 32.2. The van der Waals surface area contributed by atoms with Crippen molar-refractivity contribution in [2.75, 3.05) is 42.9 Å². The number of rotatable bonds is 7. The van der Waals surface area contributed by atoms with E-state index < -0.39 is 10.0 Å². The highest BCUT2D eigenvalue weighted by Crippen LogP contribution is 2.22. The van der Waals surface area contributed by atoms with E-state index in [0.29, 0.717) is 36.7 Å². The Morgan fingerprint density at radius 2 is 1.66 bits per heavy atom. The Labute approximate surface area is 194 Å². The van der Waals surface area contributed by atoms with Crippen LogP contribution in [0.1, 0.15) is 38.5 Å². The number of benzene rings is 1. The molecule has 7 nitrogen and oxygen atoms in total. The third-order valence-corrected chi connectivity index (χ3v) is 9.08. The van der Waals surface area contributed by atoms with E-state index in [4.69, 9.17) is 0 Å². The van der Waals surface area contributed by atoms with Crippen molar-refractivity contribution in [2.24, 2.45) is 0 Å². The van der Waals surface area contributed by atoms with Gasteiger partial charge in [0.15, 0.2) is 0 Å². The molecule has 0 aliphatic carbocycles. The van der Waals surface area contributed by atoms with Gasteiger partial charge in [0.2, 0.25) is 15.9 Å². The lowest BCUT2D eigenvalue weighted by Crippen LogP contribution is -2.46. The minimum absolute atomic E-state index is 0.0369.